The molecule has 1 N–H and O–H groups in total. The molecule has 4 rings (SSSR count). The van der Waals surface area contributed by atoms with E-state index in [1.165, 1.54) is 0 Å². The summed E-state index contributed by atoms with van der Waals surface area (Å²) in [5.41, 5.74) is 2.86. The van der Waals surface area contributed by atoms with Gasteiger partial charge in [-0.1, -0.05) is 23.4 Å². The van der Waals surface area contributed by atoms with Crippen LogP contribution in [0.3, 0.4) is 0 Å². The average molecular weight is 380 g/mol. The molecule has 146 valence electrons. The summed E-state index contributed by atoms with van der Waals surface area (Å²) in [6.45, 7) is 6.14. The van der Waals surface area contributed by atoms with Crippen molar-refractivity contribution in [2.75, 3.05) is 26.2 Å². The number of amides is 2. The smallest absolute Gasteiger partial charge is 0.317 e. The Labute approximate surface area is 163 Å². The fourth-order valence-electron chi connectivity index (χ4n) is 3.28. The van der Waals surface area contributed by atoms with Crippen LogP contribution in [0.15, 0.2) is 53.3 Å². The summed E-state index contributed by atoms with van der Waals surface area (Å²) in [7, 11) is 0. The number of hydrogen-bond donors (Lipinski definition) is 1. The van der Waals surface area contributed by atoms with Crippen LogP contribution in [-0.4, -0.2) is 56.9 Å². The molecule has 0 spiro atoms. The van der Waals surface area contributed by atoms with Crippen LogP contribution in [0.5, 0.6) is 0 Å². The van der Waals surface area contributed by atoms with E-state index in [0.29, 0.717) is 19.6 Å². The van der Waals surface area contributed by atoms with Crippen LogP contribution >= 0.6 is 0 Å². The lowest BCUT2D eigenvalue weighted by atomic mass is 10.3. The van der Waals surface area contributed by atoms with Crippen LogP contribution in [0.1, 0.15) is 17.0 Å². The minimum Gasteiger partial charge on any atom is -0.360 e. The molecule has 2 aromatic heterocycles. The summed E-state index contributed by atoms with van der Waals surface area (Å²) in [5, 5.41) is 11.3. The van der Waals surface area contributed by atoms with Crippen LogP contribution in [0.4, 0.5) is 4.79 Å². The van der Waals surface area contributed by atoms with Gasteiger partial charge in [-0.15, -0.1) is 0 Å². The van der Waals surface area contributed by atoms with Crippen molar-refractivity contribution in [2.45, 2.75) is 20.0 Å². The Morgan fingerprint density at radius 3 is 2.68 bits per heavy atom. The van der Waals surface area contributed by atoms with Crippen LogP contribution in [0.25, 0.3) is 5.69 Å². The molecular formula is C20H24N6O2. The van der Waals surface area contributed by atoms with Crippen LogP contribution in [0, 0.1) is 6.92 Å². The van der Waals surface area contributed by atoms with E-state index in [9.17, 15) is 4.79 Å². The Hall–Kier alpha value is -3.13. The lowest BCUT2D eigenvalue weighted by Crippen LogP contribution is -2.51. The molecule has 3 heterocycles. The summed E-state index contributed by atoms with van der Waals surface area (Å²) < 4.78 is 7.08. The van der Waals surface area contributed by atoms with Gasteiger partial charge < -0.3 is 14.7 Å². The van der Waals surface area contributed by atoms with Crippen LogP contribution in [0.2, 0.25) is 0 Å². The number of para-hydroxylation sites is 1. The van der Waals surface area contributed by atoms with E-state index in [4.69, 9.17) is 4.52 Å². The number of aryl methyl sites for hydroxylation is 1. The van der Waals surface area contributed by atoms with E-state index in [2.05, 4.69) is 20.5 Å². The fraction of sp³-hybridized carbons (Fsp3) is 0.350. The Kier molecular flexibility index (Phi) is 5.38. The van der Waals surface area contributed by atoms with E-state index < -0.39 is 0 Å². The van der Waals surface area contributed by atoms with E-state index in [0.717, 1.165) is 42.3 Å². The molecule has 8 nitrogen and oxygen atoms in total. The SMILES string of the molecule is Cc1cc(CN2CCN(C(=O)NCc3cnn(-c4ccccc4)c3)CC2)on1. The maximum Gasteiger partial charge on any atom is 0.317 e. The van der Waals surface area contributed by atoms with Gasteiger partial charge in [-0.05, 0) is 19.1 Å². The summed E-state index contributed by atoms with van der Waals surface area (Å²) in [4.78, 5) is 16.6. The highest BCUT2D eigenvalue weighted by atomic mass is 16.5. The predicted octanol–water partition coefficient (Wildman–Crippen LogP) is 2.20. The molecule has 0 unspecified atom stereocenters. The third kappa shape index (κ3) is 4.40. The van der Waals surface area contributed by atoms with Crippen LogP contribution in [-0.2, 0) is 13.1 Å². The Bertz CT molecular complexity index is 912. The summed E-state index contributed by atoms with van der Waals surface area (Å²) in [6, 6.07) is 11.8. The molecule has 1 aliphatic rings. The average Bonchev–Trinajstić information content (AvgIpc) is 3.36. The molecule has 0 bridgehead atoms. The van der Waals surface area contributed by atoms with E-state index in [1.807, 2.05) is 59.1 Å². The molecule has 0 atom stereocenters. The molecule has 2 amide bonds. The zero-order chi connectivity index (χ0) is 19.3. The number of carbonyl (C=O) groups excluding carboxylic acids is 1. The second kappa shape index (κ2) is 8.26. The van der Waals surface area contributed by atoms with Gasteiger partial charge in [0.15, 0.2) is 5.76 Å². The zero-order valence-corrected chi connectivity index (χ0v) is 15.9. The van der Waals surface area contributed by atoms with Crippen LogP contribution < -0.4 is 5.32 Å². The highest BCUT2D eigenvalue weighted by molar-refractivity contribution is 5.74. The van der Waals surface area contributed by atoms with Crippen molar-refractivity contribution in [3.05, 3.63) is 65.8 Å². The molecule has 1 aliphatic heterocycles. The molecule has 1 aromatic carbocycles. The first-order valence-corrected chi connectivity index (χ1v) is 9.44. The van der Waals surface area contributed by atoms with Gasteiger partial charge in [0.2, 0.25) is 0 Å². The van der Waals surface area contributed by atoms with Crippen molar-refractivity contribution in [3.8, 4) is 5.69 Å². The fourth-order valence-corrected chi connectivity index (χ4v) is 3.28. The number of urea groups is 1. The van der Waals surface area contributed by atoms with Gasteiger partial charge in [-0.25, -0.2) is 9.48 Å². The van der Waals surface area contributed by atoms with E-state index >= 15 is 0 Å². The molecule has 3 aromatic rings. The first-order chi connectivity index (χ1) is 13.7. The second-order valence-corrected chi connectivity index (χ2v) is 6.99. The maximum atomic E-state index is 12.5. The number of rotatable bonds is 5. The molecule has 28 heavy (non-hydrogen) atoms. The van der Waals surface area contributed by atoms with E-state index in [1.54, 1.807) is 6.20 Å². The molecule has 0 radical (unpaired) electrons. The highest BCUT2D eigenvalue weighted by Gasteiger charge is 2.21. The van der Waals surface area contributed by atoms with Crippen molar-refractivity contribution in [2.24, 2.45) is 0 Å². The van der Waals surface area contributed by atoms with Gasteiger partial charge in [0.05, 0.1) is 24.1 Å². The zero-order valence-electron chi connectivity index (χ0n) is 15.9. The van der Waals surface area contributed by atoms with Gasteiger partial charge in [0.25, 0.3) is 0 Å². The third-order valence-electron chi connectivity index (χ3n) is 4.82. The monoisotopic (exact) mass is 380 g/mol. The third-order valence-corrected chi connectivity index (χ3v) is 4.82. The predicted molar refractivity (Wildman–Crippen MR) is 104 cm³/mol. The van der Waals surface area contributed by atoms with Crippen molar-refractivity contribution >= 4 is 6.03 Å². The minimum atomic E-state index is -0.0392. The van der Waals surface area contributed by atoms with Crippen molar-refractivity contribution < 1.29 is 9.32 Å². The summed E-state index contributed by atoms with van der Waals surface area (Å²) in [6.07, 6.45) is 3.72. The maximum absolute atomic E-state index is 12.5. The molecule has 0 saturated carbocycles. The Morgan fingerprint density at radius 2 is 1.96 bits per heavy atom. The van der Waals surface area contributed by atoms with Gasteiger partial charge in [-0.3, -0.25) is 4.90 Å². The van der Waals surface area contributed by atoms with Crippen molar-refractivity contribution in [1.82, 2.24) is 30.1 Å². The van der Waals surface area contributed by atoms with Crippen molar-refractivity contribution in [3.63, 3.8) is 0 Å². The standard InChI is InChI=1S/C20H24N6O2/c1-16-11-19(28-23-16)15-24-7-9-25(10-8-24)20(27)21-12-17-13-22-26(14-17)18-5-3-2-4-6-18/h2-6,11,13-14H,7-10,12,15H2,1H3,(H,21,27). The lowest BCUT2D eigenvalue weighted by Gasteiger charge is -2.34. The molecule has 0 aliphatic carbocycles. The molecule has 8 heteroatoms. The number of nitrogens with zero attached hydrogens (tertiary/aromatic N) is 5. The largest absolute Gasteiger partial charge is 0.360 e. The molecule has 1 fully saturated rings. The summed E-state index contributed by atoms with van der Waals surface area (Å²) in [5.74, 6) is 0.867. The molecular weight excluding hydrogens is 356 g/mol. The van der Waals surface area contributed by atoms with E-state index in [-0.39, 0.29) is 6.03 Å². The first kappa shape index (κ1) is 18.2. The van der Waals surface area contributed by atoms with Gasteiger partial charge in [0.1, 0.15) is 0 Å². The number of piperazine rings is 1. The Balaban J connectivity index is 1.23. The lowest BCUT2D eigenvalue weighted by molar-refractivity contribution is 0.128. The number of hydrogen-bond acceptors (Lipinski definition) is 5. The summed E-state index contributed by atoms with van der Waals surface area (Å²) >= 11 is 0. The minimum absolute atomic E-state index is 0.0392. The van der Waals surface area contributed by atoms with Gasteiger partial charge in [0, 0.05) is 50.6 Å². The number of carbonyl (C=O) groups is 1. The Morgan fingerprint density at radius 1 is 1.18 bits per heavy atom. The van der Waals surface area contributed by atoms with Gasteiger partial charge >= 0.3 is 6.03 Å². The second-order valence-electron chi connectivity index (χ2n) is 6.99. The number of benzene rings is 1. The first-order valence-electron chi connectivity index (χ1n) is 9.44. The van der Waals surface area contributed by atoms with Crippen molar-refractivity contribution in [1.29, 1.82) is 0 Å². The highest BCUT2D eigenvalue weighted by Crippen LogP contribution is 2.11. The number of aromatic nitrogens is 3. The normalized spacial score (nSPS) is 15.0. The quantitative estimate of drug-likeness (QED) is 0.734. The van der Waals surface area contributed by atoms with Gasteiger partial charge in [-0.2, -0.15) is 5.10 Å². The molecule has 1 saturated heterocycles. The number of nitrogens with one attached hydrogen (secondary N) is 1. The topological polar surface area (TPSA) is 79.4 Å².